The van der Waals surface area contributed by atoms with Crippen molar-refractivity contribution in [2.24, 2.45) is 0 Å². The van der Waals surface area contributed by atoms with Crippen LogP contribution in [0.15, 0.2) is 18.2 Å². The minimum absolute atomic E-state index is 0.0981. The van der Waals surface area contributed by atoms with E-state index in [0.29, 0.717) is 30.3 Å². The maximum atomic E-state index is 14.8. The summed E-state index contributed by atoms with van der Waals surface area (Å²) in [5, 5.41) is 16.6. The van der Waals surface area contributed by atoms with Gasteiger partial charge in [-0.1, -0.05) is 5.21 Å². The van der Waals surface area contributed by atoms with Gasteiger partial charge in [-0.3, -0.25) is 9.69 Å². The summed E-state index contributed by atoms with van der Waals surface area (Å²) in [6, 6.07) is 4.69. The molecule has 0 spiro atoms. The van der Waals surface area contributed by atoms with Crippen molar-refractivity contribution in [1.29, 1.82) is 0 Å². The Morgan fingerprint density at radius 2 is 2.29 bits per heavy atom. The smallest absolute Gasteiger partial charge is 0.414 e. The highest BCUT2D eigenvalue weighted by atomic mass is 19.1. The predicted octanol–water partition coefficient (Wildman–Crippen LogP) is 0.794. The number of hydrogen-bond acceptors (Lipinski definition) is 7. The van der Waals surface area contributed by atoms with Crippen molar-refractivity contribution in [2.45, 2.75) is 25.4 Å². The SMILES string of the molecule is CC(=O)NC[C@H]1CN(c2ccc(N3CC[C@@H](c4nn[nH]n4)C3)c(F)c2)C(=O)O1. The van der Waals surface area contributed by atoms with Crippen molar-refractivity contribution in [3.05, 3.63) is 29.8 Å². The van der Waals surface area contributed by atoms with Gasteiger partial charge in [0.25, 0.3) is 0 Å². The number of benzene rings is 1. The van der Waals surface area contributed by atoms with Crippen LogP contribution in [0.25, 0.3) is 0 Å². The lowest BCUT2D eigenvalue weighted by Gasteiger charge is -2.21. The molecule has 1 aromatic carbocycles. The zero-order chi connectivity index (χ0) is 19.7. The number of aromatic nitrogens is 4. The largest absolute Gasteiger partial charge is 0.442 e. The fourth-order valence-corrected chi connectivity index (χ4v) is 3.55. The van der Waals surface area contributed by atoms with E-state index in [1.165, 1.54) is 17.9 Å². The van der Waals surface area contributed by atoms with Crippen LogP contribution in [0.3, 0.4) is 0 Å². The van der Waals surface area contributed by atoms with Crippen molar-refractivity contribution in [3.8, 4) is 0 Å². The molecular formula is C17H20FN7O3. The number of amides is 2. The first-order valence-electron chi connectivity index (χ1n) is 9.01. The van der Waals surface area contributed by atoms with Crippen molar-refractivity contribution < 1.29 is 18.7 Å². The summed E-state index contributed by atoms with van der Waals surface area (Å²) in [6.45, 7) is 3.15. The summed E-state index contributed by atoms with van der Waals surface area (Å²) in [7, 11) is 0. The van der Waals surface area contributed by atoms with Crippen LogP contribution in [0.4, 0.5) is 20.6 Å². The molecule has 28 heavy (non-hydrogen) atoms. The molecule has 2 aliphatic heterocycles. The van der Waals surface area contributed by atoms with Crippen LogP contribution in [-0.4, -0.2) is 64.9 Å². The molecule has 0 saturated carbocycles. The predicted molar refractivity (Wildman–Crippen MR) is 96.4 cm³/mol. The van der Waals surface area contributed by atoms with Crippen molar-refractivity contribution in [2.75, 3.05) is 36.0 Å². The summed E-state index contributed by atoms with van der Waals surface area (Å²) < 4.78 is 20.0. The topological polar surface area (TPSA) is 116 Å². The van der Waals surface area contributed by atoms with Gasteiger partial charge in [0.05, 0.1) is 24.5 Å². The van der Waals surface area contributed by atoms with E-state index < -0.39 is 18.0 Å². The van der Waals surface area contributed by atoms with Gasteiger partial charge in [-0.2, -0.15) is 5.21 Å². The van der Waals surface area contributed by atoms with Crippen LogP contribution in [0.2, 0.25) is 0 Å². The highest BCUT2D eigenvalue weighted by Gasteiger charge is 2.33. The van der Waals surface area contributed by atoms with Crippen molar-refractivity contribution in [3.63, 3.8) is 0 Å². The summed E-state index contributed by atoms with van der Waals surface area (Å²) in [4.78, 5) is 26.4. The lowest BCUT2D eigenvalue weighted by Crippen LogP contribution is -2.33. The molecule has 0 aliphatic carbocycles. The van der Waals surface area contributed by atoms with E-state index >= 15 is 0 Å². The maximum absolute atomic E-state index is 14.8. The molecule has 2 N–H and O–H groups in total. The van der Waals surface area contributed by atoms with Gasteiger partial charge < -0.3 is 15.0 Å². The number of hydrogen-bond donors (Lipinski definition) is 2. The van der Waals surface area contributed by atoms with E-state index in [4.69, 9.17) is 4.74 Å². The Balaban J connectivity index is 1.43. The molecule has 11 heteroatoms. The Morgan fingerprint density at radius 1 is 1.43 bits per heavy atom. The zero-order valence-corrected chi connectivity index (χ0v) is 15.3. The maximum Gasteiger partial charge on any atom is 0.414 e. The average Bonchev–Trinajstić information content (AvgIpc) is 3.40. The molecule has 2 amide bonds. The Bertz CT molecular complexity index is 876. The fourth-order valence-electron chi connectivity index (χ4n) is 3.55. The summed E-state index contributed by atoms with van der Waals surface area (Å²) in [6.07, 6.45) is -0.210. The van der Waals surface area contributed by atoms with E-state index in [2.05, 4.69) is 25.9 Å². The van der Waals surface area contributed by atoms with Crippen molar-refractivity contribution >= 4 is 23.4 Å². The van der Waals surface area contributed by atoms with Crippen LogP contribution in [-0.2, 0) is 9.53 Å². The molecule has 2 atom stereocenters. The molecule has 3 heterocycles. The van der Waals surface area contributed by atoms with Gasteiger partial charge in [-0.05, 0) is 24.6 Å². The van der Waals surface area contributed by atoms with Gasteiger partial charge in [0.2, 0.25) is 5.91 Å². The number of H-pyrrole nitrogens is 1. The fraction of sp³-hybridized carbons (Fsp3) is 0.471. The Hall–Kier alpha value is -3.24. The van der Waals surface area contributed by atoms with Crippen LogP contribution >= 0.6 is 0 Å². The normalized spacial score (nSPS) is 21.9. The minimum atomic E-state index is -0.555. The van der Waals surface area contributed by atoms with Crippen LogP contribution in [0, 0.1) is 5.82 Å². The van der Waals surface area contributed by atoms with Gasteiger partial charge in [-0.15, -0.1) is 10.2 Å². The van der Waals surface area contributed by atoms with Gasteiger partial charge in [-0.25, -0.2) is 9.18 Å². The highest BCUT2D eigenvalue weighted by Crippen LogP contribution is 2.33. The van der Waals surface area contributed by atoms with Crippen LogP contribution < -0.4 is 15.1 Å². The molecule has 0 radical (unpaired) electrons. The average molecular weight is 389 g/mol. The van der Waals surface area contributed by atoms with Crippen molar-refractivity contribution in [1.82, 2.24) is 25.9 Å². The quantitative estimate of drug-likeness (QED) is 0.777. The molecule has 2 aliphatic rings. The number of rotatable bonds is 5. The number of tetrazole rings is 1. The van der Waals surface area contributed by atoms with E-state index in [1.54, 1.807) is 12.1 Å². The van der Waals surface area contributed by atoms with E-state index in [9.17, 15) is 14.0 Å². The number of halogens is 1. The first-order valence-corrected chi connectivity index (χ1v) is 9.01. The molecule has 2 saturated heterocycles. The number of ether oxygens (including phenoxy) is 1. The van der Waals surface area contributed by atoms with E-state index in [1.807, 2.05) is 4.90 Å². The Labute approximate surface area is 160 Å². The standard InChI is InChI=1S/C17H20FN7O3/c1-10(26)19-7-13-9-25(17(27)28-13)12-2-3-15(14(18)6-12)24-5-4-11(8-24)16-20-22-23-21-16/h2-3,6,11,13H,4-5,7-9H2,1H3,(H,19,26)(H,20,21,22,23)/t11-,13+/m1/s1. The lowest BCUT2D eigenvalue weighted by atomic mass is 10.1. The summed E-state index contributed by atoms with van der Waals surface area (Å²) in [5.41, 5.74) is 0.891. The van der Waals surface area contributed by atoms with Gasteiger partial charge in [0, 0.05) is 25.9 Å². The molecule has 2 aromatic rings. The third-order valence-electron chi connectivity index (χ3n) is 4.95. The van der Waals surface area contributed by atoms with E-state index in [-0.39, 0.29) is 24.9 Å². The molecule has 1 aromatic heterocycles. The molecule has 10 nitrogen and oxygen atoms in total. The molecule has 0 bridgehead atoms. The second-order valence-corrected chi connectivity index (χ2v) is 6.89. The zero-order valence-electron chi connectivity index (χ0n) is 15.3. The third-order valence-corrected chi connectivity index (χ3v) is 4.95. The first kappa shape index (κ1) is 18.1. The van der Waals surface area contributed by atoms with Crippen LogP contribution in [0.1, 0.15) is 25.1 Å². The highest BCUT2D eigenvalue weighted by molar-refractivity contribution is 5.90. The number of aromatic amines is 1. The molecule has 2 fully saturated rings. The Kier molecular flexibility index (Phi) is 4.80. The monoisotopic (exact) mass is 389 g/mol. The lowest BCUT2D eigenvalue weighted by molar-refractivity contribution is -0.119. The van der Waals surface area contributed by atoms with Gasteiger partial charge in [0.1, 0.15) is 11.9 Å². The number of carbonyl (C=O) groups is 2. The molecule has 4 rings (SSSR count). The molecule has 0 unspecified atom stereocenters. The number of nitrogens with one attached hydrogen (secondary N) is 2. The third kappa shape index (κ3) is 3.59. The first-order chi connectivity index (χ1) is 13.5. The second-order valence-electron chi connectivity index (χ2n) is 6.89. The van der Waals surface area contributed by atoms with E-state index in [0.717, 1.165) is 6.42 Å². The second kappa shape index (κ2) is 7.41. The number of anilines is 2. The molecule has 148 valence electrons. The summed E-state index contributed by atoms with van der Waals surface area (Å²) >= 11 is 0. The number of nitrogens with zero attached hydrogens (tertiary/aromatic N) is 5. The van der Waals surface area contributed by atoms with Gasteiger partial charge in [0.15, 0.2) is 5.82 Å². The van der Waals surface area contributed by atoms with Gasteiger partial charge >= 0.3 is 6.09 Å². The minimum Gasteiger partial charge on any atom is -0.442 e. The molecular weight excluding hydrogens is 369 g/mol. The Morgan fingerprint density at radius 3 is 3.00 bits per heavy atom. The number of carbonyl (C=O) groups excluding carboxylic acids is 2. The van der Waals surface area contributed by atoms with Crippen LogP contribution in [0.5, 0.6) is 0 Å². The number of cyclic esters (lactones) is 1. The summed E-state index contributed by atoms with van der Waals surface area (Å²) in [5.74, 6) is 0.115.